The Bertz CT molecular complexity index is 449. The SMILES string of the molecule is CCOC(=O)CN(C)c1cc(C)ccc1C#N. The molecule has 0 saturated carbocycles. The van der Waals surface area contributed by atoms with Crippen molar-refractivity contribution in [1.82, 2.24) is 0 Å². The van der Waals surface area contributed by atoms with Crippen LogP contribution in [0.15, 0.2) is 18.2 Å². The number of benzene rings is 1. The predicted molar refractivity (Wildman–Crippen MR) is 65.8 cm³/mol. The smallest absolute Gasteiger partial charge is 0.325 e. The van der Waals surface area contributed by atoms with E-state index >= 15 is 0 Å². The lowest BCUT2D eigenvalue weighted by Crippen LogP contribution is -2.27. The molecule has 4 heteroatoms. The van der Waals surface area contributed by atoms with Crippen molar-refractivity contribution in [2.24, 2.45) is 0 Å². The van der Waals surface area contributed by atoms with E-state index in [2.05, 4.69) is 6.07 Å². The predicted octanol–water partition coefficient (Wildman–Crippen LogP) is 1.87. The number of nitrogens with zero attached hydrogens (tertiary/aromatic N) is 2. The van der Waals surface area contributed by atoms with Crippen LogP contribution in [-0.4, -0.2) is 26.2 Å². The summed E-state index contributed by atoms with van der Waals surface area (Å²) in [6.07, 6.45) is 0. The van der Waals surface area contributed by atoms with E-state index in [1.807, 2.05) is 19.1 Å². The minimum absolute atomic E-state index is 0.145. The van der Waals surface area contributed by atoms with Crippen molar-refractivity contribution in [3.63, 3.8) is 0 Å². The largest absolute Gasteiger partial charge is 0.465 e. The Labute approximate surface area is 101 Å². The van der Waals surface area contributed by atoms with Crippen LogP contribution in [0.1, 0.15) is 18.1 Å². The van der Waals surface area contributed by atoms with Crippen LogP contribution < -0.4 is 4.90 Å². The molecule has 4 nitrogen and oxygen atoms in total. The normalized spacial score (nSPS) is 9.53. The number of hydrogen-bond acceptors (Lipinski definition) is 4. The molecular weight excluding hydrogens is 216 g/mol. The fourth-order valence-corrected chi connectivity index (χ4v) is 1.54. The molecule has 0 aromatic heterocycles. The molecule has 0 amide bonds. The van der Waals surface area contributed by atoms with Gasteiger partial charge in [0.05, 0.1) is 17.9 Å². The van der Waals surface area contributed by atoms with Gasteiger partial charge in [0.2, 0.25) is 0 Å². The van der Waals surface area contributed by atoms with Crippen LogP contribution in [0.3, 0.4) is 0 Å². The van der Waals surface area contributed by atoms with Gasteiger partial charge in [0.25, 0.3) is 0 Å². The molecule has 90 valence electrons. The highest BCUT2D eigenvalue weighted by Gasteiger charge is 2.11. The number of nitriles is 1. The summed E-state index contributed by atoms with van der Waals surface area (Å²) in [5.74, 6) is -0.291. The van der Waals surface area contributed by atoms with Crippen molar-refractivity contribution >= 4 is 11.7 Å². The molecule has 0 unspecified atom stereocenters. The minimum atomic E-state index is -0.291. The van der Waals surface area contributed by atoms with Crippen molar-refractivity contribution in [3.8, 4) is 6.07 Å². The van der Waals surface area contributed by atoms with Crippen LogP contribution in [0.4, 0.5) is 5.69 Å². The Balaban J connectivity index is 2.88. The average Bonchev–Trinajstić information content (AvgIpc) is 2.29. The number of likely N-dealkylation sites (N-methyl/N-ethyl adjacent to an activating group) is 1. The molecule has 0 aliphatic heterocycles. The van der Waals surface area contributed by atoms with Crippen molar-refractivity contribution in [1.29, 1.82) is 5.26 Å². The number of anilines is 1. The maximum Gasteiger partial charge on any atom is 0.325 e. The first-order chi connectivity index (χ1) is 8.08. The molecule has 0 atom stereocenters. The van der Waals surface area contributed by atoms with Crippen molar-refractivity contribution in [3.05, 3.63) is 29.3 Å². The zero-order chi connectivity index (χ0) is 12.8. The van der Waals surface area contributed by atoms with Crippen LogP contribution in [0.25, 0.3) is 0 Å². The van der Waals surface area contributed by atoms with Crippen LogP contribution in [-0.2, 0) is 9.53 Å². The van der Waals surface area contributed by atoms with E-state index in [9.17, 15) is 4.79 Å². The summed E-state index contributed by atoms with van der Waals surface area (Å²) in [5.41, 5.74) is 2.36. The molecule has 0 heterocycles. The van der Waals surface area contributed by atoms with Crippen LogP contribution in [0.2, 0.25) is 0 Å². The van der Waals surface area contributed by atoms with Crippen molar-refractivity contribution in [2.75, 3.05) is 25.1 Å². The second kappa shape index (κ2) is 5.90. The molecule has 0 saturated heterocycles. The van der Waals surface area contributed by atoms with E-state index < -0.39 is 0 Å². The Hall–Kier alpha value is -2.02. The van der Waals surface area contributed by atoms with Gasteiger partial charge in [-0.1, -0.05) is 6.07 Å². The maximum absolute atomic E-state index is 11.4. The molecule has 0 aliphatic carbocycles. The Kier molecular flexibility index (Phi) is 4.53. The first kappa shape index (κ1) is 13.0. The second-order valence-corrected chi connectivity index (χ2v) is 3.79. The number of rotatable bonds is 4. The van der Waals surface area contributed by atoms with Gasteiger partial charge in [-0.05, 0) is 31.5 Å². The Morgan fingerprint density at radius 1 is 1.53 bits per heavy atom. The van der Waals surface area contributed by atoms with E-state index in [-0.39, 0.29) is 12.5 Å². The topological polar surface area (TPSA) is 53.3 Å². The highest BCUT2D eigenvalue weighted by atomic mass is 16.5. The highest BCUT2D eigenvalue weighted by molar-refractivity contribution is 5.76. The number of aryl methyl sites for hydroxylation is 1. The van der Waals surface area contributed by atoms with E-state index in [0.717, 1.165) is 11.3 Å². The standard InChI is InChI=1S/C13H16N2O2/c1-4-17-13(16)9-15(3)12-7-10(2)5-6-11(12)8-14/h5-7H,4,9H2,1-3H3. The number of esters is 1. The molecule has 0 fully saturated rings. The molecule has 1 rings (SSSR count). The Morgan fingerprint density at radius 2 is 2.24 bits per heavy atom. The molecule has 1 aromatic rings. The Morgan fingerprint density at radius 3 is 2.82 bits per heavy atom. The summed E-state index contributed by atoms with van der Waals surface area (Å²) < 4.78 is 4.87. The lowest BCUT2D eigenvalue weighted by atomic mass is 10.1. The molecular formula is C13H16N2O2. The van der Waals surface area contributed by atoms with Gasteiger partial charge in [-0.3, -0.25) is 4.79 Å². The van der Waals surface area contributed by atoms with Gasteiger partial charge < -0.3 is 9.64 Å². The van der Waals surface area contributed by atoms with E-state index in [4.69, 9.17) is 10.00 Å². The van der Waals surface area contributed by atoms with Gasteiger partial charge in [-0.2, -0.15) is 5.26 Å². The van der Waals surface area contributed by atoms with Crippen LogP contribution in [0.5, 0.6) is 0 Å². The van der Waals surface area contributed by atoms with Gasteiger partial charge in [0, 0.05) is 7.05 Å². The number of ether oxygens (including phenoxy) is 1. The molecule has 17 heavy (non-hydrogen) atoms. The van der Waals surface area contributed by atoms with Crippen LogP contribution in [0, 0.1) is 18.3 Å². The molecule has 0 N–H and O–H groups in total. The van der Waals surface area contributed by atoms with Gasteiger partial charge in [-0.15, -0.1) is 0 Å². The highest BCUT2D eigenvalue weighted by Crippen LogP contribution is 2.20. The maximum atomic E-state index is 11.4. The van der Waals surface area contributed by atoms with Gasteiger partial charge in [-0.25, -0.2) is 0 Å². The fraction of sp³-hybridized carbons (Fsp3) is 0.385. The third-order valence-electron chi connectivity index (χ3n) is 2.36. The summed E-state index contributed by atoms with van der Waals surface area (Å²) in [6.45, 7) is 4.23. The molecule has 1 aromatic carbocycles. The molecule has 0 radical (unpaired) electrons. The lowest BCUT2D eigenvalue weighted by Gasteiger charge is -2.19. The van der Waals surface area contributed by atoms with Crippen molar-refractivity contribution in [2.45, 2.75) is 13.8 Å². The number of carbonyl (C=O) groups is 1. The lowest BCUT2D eigenvalue weighted by molar-refractivity contribution is -0.141. The quantitative estimate of drug-likeness (QED) is 0.744. The second-order valence-electron chi connectivity index (χ2n) is 3.79. The minimum Gasteiger partial charge on any atom is -0.465 e. The molecule has 0 bridgehead atoms. The monoisotopic (exact) mass is 232 g/mol. The third kappa shape index (κ3) is 3.49. The fourth-order valence-electron chi connectivity index (χ4n) is 1.54. The van der Waals surface area contributed by atoms with E-state index in [1.54, 1.807) is 24.9 Å². The van der Waals surface area contributed by atoms with Gasteiger partial charge in [0.15, 0.2) is 0 Å². The molecule has 0 spiro atoms. The summed E-state index contributed by atoms with van der Waals surface area (Å²) >= 11 is 0. The number of carbonyl (C=O) groups excluding carboxylic acids is 1. The summed E-state index contributed by atoms with van der Waals surface area (Å²) in [7, 11) is 1.77. The molecule has 0 aliphatic rings. The first-order valence-corrected chi connectivity index (χ1v) is 5.46. The summed E-state index contributed by atoms with van der Waals surface area (Å²) in [4.78, 5) is 13.1. The zero-order valence-electron chi connectivity index (χ0n) is 10.4. The number of hydrogen-bond donors (Lipinski definition) is 0. The average molecular weight is 232 g/mol. The van der Waals surface area contributed by atoms with E-state index in [1.165, 1.54) is 0 Å². The summed E-state index contributed by atoms with van der Waals surface area (Å²) in [6, 6.07) is 7.63. The third-order valence-corrected chi connectivity index (χ3v) is 2.36. The van der Waals surface area contributed by atoms with Crippen molar-refractivity contribution < 1.29 is 9.53 Å². The van der Waals surface area contributed by atoms with Gasteiger partial charge >= 0.3 is 5.97 Å². The van der Waals surface area contributed by atoms with Gasteiger partial charge in [0.1, 0.15) is 12.6 Å². The zero-order valence-corrected chi connectivity index (χ0v) is 10.4. The summed E-state index contributed by atoms with van der Waals surface area (Å²) in [5, 5.41) is 9.00. The van der Waals surface area contributed by atoms with E-state index in [0.29, 0.717) is 12.2 Å². The first-order valence-electron chi connectivity index (χ1n) is 5.46. The van der Waals surface area contributed by atoms with Crippen LogP contribution >= 0.6 is 0 Å².